The molecular weight excluding hydrogens is 192 g/mol. The van der Waals surface area contributed by atoms with Gasteiger partial charge in [-0.15, -0.1) is 0 Å². The summed E-state index contributed by atoms with van der Waals surface area (Å²) in [5.74, 6) is 0.0721. The second kappa shape index (κ2) is 4.49. The number of ether oxygens (including phenoxy) is 1. The number of nitrogens with one attached hydrogen (secondary N) is 1. The van der Waals surface area contributed by atoms with Crippen LogP contribution in [-0.2, 0) is 9.53 Å². The SMILES string of the molecule is CC(C)N1CCO[C@H](C(=O)NC2CC2)C1. The number of hydrogen-bond donors (Lipinski definition) is 1. The van der Waals surface area contributed by atoms with Gasteiger partial charge in [0.05, 0.1) is 6.61 Å². The molecule has 2 fully saturated rings. The molecule has 2 aliphatic rings. The predicted molar refractivity (Wildman–Crippen MR) is 57.6 cm³/mol. The van der Waals surface area contributed by atoms with E-state index < -0.39 is 0 Å². The molecule has 0 radical (unpaired) electrons. The highest BCUT2D eigenvalue weighted by Crippen LogP contribution is 2.19. The lowest BCUT2D eigenvalue weighted by molar-refractivity contribution is -0.139. The van der Waals surface area contributed by atoms with Crippen LogP contribution in [0, 0.1) is 0 Å². The highest BCUT2D eigenvalue weighted by atomic mass is 16.5. The number of amides is 1. The molecule has 0 aromatic rings. The number of nitrogens with zero attached hydrogens (tertiary/aromatic N) is 1. The summed E-state index contributed by atoms with van der Waals surface area (Å²) >= 11 is 0. The Bertz CT molecular complexity index is 239. The van der Waals surface area contributed by atoms with Crippen LogP contribution in [0.25, 0.3) is 0 Å². The minimum Gasteiger partial charge on any atom is -0.366 e. The molecule has 15 heavy (non-hydrogen) atoms. The second-order valence-corrected chi connectivity index (χ2v) is 4.73. The summed E-state index contributed by atoms with van der Waals surface area (Å²) in [6.45, 7) is 6.64. The molecule has 0 unspecified atom stereocenters. The summed E-state index contributed by atoms with van der Waals surface area (Å²) in [5, 5.41) is 2.99. The van der Waals surface area contributed by atoms with Crippen molar-refractivity contribution in [1.29, 1.82) is 0 Å². The first-order chi connectivity index (χ1) is 7.16. The summed E-state index contributed by atoms with van der Waals surface area (Å²) in [4.78, 5) is 14.0. The molecule has 0 aromatic heterocycles. The number of morpholine rings is 1. The van der Waals surface area contributed by atoms with Crippen molar-refractivity contribution in [3.63, 3.8) is 0 Å². The first-order valence-corrected chi connectivity index (χ1v) is 5.83. The standard InChI is InChI=1S/C11H20N2O2/c1-8(2)13-5-6-15-10(7-13)11(14)12-9-3-4-9/h8-10H,3-7H2,1-2H3,(H,12,14)/t10-/m0/s1. The molecule has 1 aliphatic carbocycles. The molecule has 4 nitrogen and oxygen atoms in total. The van der Waals surface area contributed by atoms with Gasteiger partial charge in [-0.3, -0.25) is 9.69 Å². The normalized spacial score (nSPS) is 28.1. The fourth-order valence-corrected chi connectivity index (χ4v) is 1.82. The van der Waals surface area contributed by atoms with Gasteiger partial charge in [0.1, 0.15) is 6.10 Å². The van der Waals surface area contributed by atoms with Crippen LogP contribution in [0.5, 0.6) is 0 Å². The highest BCUT2D eigenvalue weighted by Gasteiger charge is 2.31. The third-order valence-electron chi connectivity index (χ3n) is 3.04. The van der Waals surface area contributed by atoms with Gasteiger partial charge in [-0.25, -0.2) is 0 Å². The van der Waals surface area contributed by atoms with Gasteiger partial charge in [0, 0.05) is 25.2 Å². The van der Waals surface area contributed by atoms with Crippen molar-refractivity contribution in [3.8, 4) is 0 Å². The smallest absolute Gasteiger partial charge is 0.250 e. The molecule has 1 saturated heterocycles. The summed E-state index contributed by atoms with van der Waals surface area (Å²) in [6.07, 6.45) is 2.00. The molecule has 2 rings (SSSR count). The molecule has 0 aromatic carbocycles. The van der Waals surface area contributed by atoms with Crippen LogP contribution in [0.1, 0.15) is 26.7 Å². The van der Waals surface area contributed by atoms with E-state index in [1.54, 1.807) is 0 Å². The predicted octanol–water partition coefficient (Wildman–Crippen LogP) is 0.374. The van der Waals surface area contributed by atoms with Gasteiger partial charge >= 0.3 is 0 Å². The van der Waals surface area contributed by atoms with Crippen molar-refractivity contribution >= 4 is 5.91 Å². The lowest BCUT2D eigenvalue weighted by atomic mass is 10.2. The monoisotopic (exact) mass is 212 g/mol. The maximum absolute atomic E-state index is 11.8. The zero-order chi connectivity index (χ0) is 10.8. The minimum atomic E-state index is -0.262. The fourth-order valence-electron chi connectivity index (χ4n) is 1.82. The number of carbonyl (C=O) groups is 1. The topological polar surface area (TPSA) is 41.6 Å². The third kappa shape index (κ3) is 2.92. The van der Waals surface area contributed by atoms with Crippen molar-refractivity contribution in [2.45, 2.75) is 44.9 Å². The van der Waals surface area contributed by atoms with Gasteiger partial charge in [-0.2, -0.15) is 0 Å². The maximum Gasteiger partial charge on any atom is 0.250 e. The van der Waals surface area contributed by atoms with Gasteiger partial charge in [-0.1, -0.05) is 0 Å². The molecule has 1 atom stereocenters. The summed E-state index contributed by atoms with van der Waals surface area (Å²) < 4.78 is 5.50. The van der Waals surface area contributed by atoms with E-state index in [0.717, 1.165) is 25.9 Å². The van der Waals surface area contributed by atoms with E-state index in [2.05, 4.69) is 24.1 Å². The Morgan fingerprint density at radius 3 is 2.80 bits per heavy atom. The van der Waals surface area contributed by atoms with Crippen molar-refractivity contribution in [2.75, 3.05) is 19.7 Å². The lowest BCUT2D eigenvalue weighted by Gasteiger charge is -2.34. The Hall–Kier alpha value is -0.610. The average molecular weight is 212 g/mol. The lowest BCUT2D eigenvalue weighted by Crippen LogP contribution is -2.52. The molecule has 1 N–H and O–H groups in total. The van der Waals surface area contributed by atoms with E-state index in [0.29, 0.717) is 18.7 Å². The first kappa shape index (κ1) is 10.9. The largest absolute Gasteiger partial charge is 0.366 e. The van der Waals surface area contributed by atoms with Crippen molar-refractivity contribution in [2.24, 2.45) is 0 Å². The molecule has 4 heteroatoms. The van der Waals surface area contributed by atoms with Crippen LogP contribution in [0.15, 0.2) is 0 Å². The summed E-state index contributed by atoms with van der Waals surface area (Å²) in [5.41, 5.74) is 0. The quantitative estimate of drug-likeness (QED) is 0.735. The molecule has 1 saturated carbocycles. The Balaban J connectivity index is 1.82. The van der Waals surface area contributed by atoms with E-state index in [1.165, 1.54) is 0 Å². The van der Waals surface area contributed by atoms with Crippen LogP contribution < -0.4 is 5.32 Å². The summed E-state index contributed by atoms with van der Waals surface area (Å²) in [7, 11) is 0. The average Bonchev–Trinajstić information content (AvgIpc) is 3.02. The van der Waals surface area contributed by atoms with Crippen LogP contribution in [-0.4, -0.2) is 48.7 Å². The van der Waals surface area contributed by atoms with E-state index in [1.807, 2.05) is 0 Å². The Kier molecular flexibility index (Phi) is 3.26. The van der Waals surface area contributed by atoms with Crippen LogP contribution in [0.4, 0.5) is 0 Å². The second-order valence-electron chi connectivity index (χ2n) is 4.73. The molecule has 86 valence electrons. The fraction of sp³-hybridized carbons (Fsp3) is 0.909. The molecule has 1 heterocycles. The Labute approximate surface area is 91.0 Å². The van der Waals surface area contributed by atoms with Gasteiger partial charge in [0.2, 0.25) is 0 Å². The summed E-state index contributed by atoms with van der Waals surface area (Å²) in [6, 6.07) is 0.917. The van der Waals surface area contributed by atoms with E-state index in [9.17, 15) is 4.79 Å². The third-order valence-corrected chi connectivity index (χ3v) is 3.04. The van der Waals surface area contributed by atoms with Gasteiger partial charge in [0.15, 0.2) is 0 Å². The van der Waals surface area contributed by atoms with Gasteiger partial charge in [0.25, 0.3) is 5.91 Å². The molecule has 0 spiro atoms. The van der Waals surface area contributed by atoms with Gasteiger partial charge < -0.3 is 10.1 Å². The maximum atomic E-state index is 11.8. The number of hydrogen-bond acceptors (Lipinski definition) is 3. The first-order valence-electron chi connectivity index (χ1n) is 5.83. The number of rotatable bonds is 3. The minimum absolute atomic E-state index is 0.0721. The number of carbonyl (C=O) groups excluding carboxylic acids is 1. The zero-order valence-electron chi connectivity index (χ0n) is 9.53. The van der Waals surface area contributed by atoms with E-state index in [4.69, 9.17) is 4.74 Å². The zero-order valence-corrected chi connectivity index (χ0v) is 9.53. The van der Waals surface area contributed by atoms with Crippen molar-refractivity contribution in [1.82, 2.24) is 10.2 Å². The van der Waals surface area contributed by atoms with Crippen LogP contribution in [0.2, 0.25) is 0 Å². The van der Waals surface area contributed by atoms with Crippen LogP contribution >= 0.6 is 0 Å². The molecule has 1 amide bonds. The van der Waals surface area contributed by atoms with E-state index >= 15 is 0 Å². The van der Waals surface area contributed by atoms with Crippen LogP contribution in [0.3, 0.4) is 0 Å². The molecule has 1 aliphatic heterocycles. The van der Waals surface area contributed by atoms with Crippen molar-refractivity contribution < 1.29 is 9.53 Å². The Morgan fingerprint density at radius 1 is 1.47 bits per heavy atom. The van der Waals surface area contributed by atoms with Crippen molar-refractivity contribution in [3.05, 3.63) is 0 Å². The highest BCUT2D eigenvalue weighted by molar-refractivity contribution is 5.81. The Morgan fingerprint density at radius 2 is 2.20 bits per heavy atom. The van der Waals surface area contributed by atoms with Gasteiger partial charge in [-0.05, 0) is 26.7 Å². The molecular formula is C11H20N2O2. The van der Waals surface area contributed by atoms with E-state index in [-0.39, 0.29) is 12.0 Å². The molecule has 0 bridgehead atoms.